The third kappa shape index (κ3) is 4.25. The van der Waals surface area contributed by atoms with E-state index in [-0.39, 0.29) is 0 Å². The van der Waals surface area contributed by atoms with Crippen LogP contribution in [0.3, 0.4) is 0 Å². The molecule has 0 amide bonds. The standard InChI is InChI=1S/C31H32N2/c1-19(2)5-7-23-14-26(15-24-8-6-21(18-32)13-27(23)24)29-17-28(29)25-10-9-22-11-12-33-31(20(3)4)30(22)16-25/h5-10,13-16,19-20,28-29H,11-12,17H2,1-4H3/b7-5+. The Kier molecular flexibility index (Phi) is 5.67. The quantitative estimate of drug-likeness (QED) is 0.408. The second-order valence-electron chi connectivity index (χ2n) is 10.3. The van der Waals surface area contributed by atoms with E-state index in [1.54, 1.807) is 0 Å². The molecule has 2 nitrogen and oxygen atoms in total. The van der Waals surface area contributed by atoms with Crippen LogP contribution in [0.4, 0.5) is 0 Å². The van der Waals surface area contributed by atoms with Gasteiger partial charge < -0.3 is 0 Å². The van der Waals surface area contributed by atoms with Crippen LogP contribution in [-0.4, -0.2) is 12.3 Å². The Morgan fingerprint density at radius 3 is 2.55 bits per heavy atom. The monoisotopic (exact) mass is 432 g/mol. The van der Waals surface area contributed by atoms with Crippen molar-refractivity contribution < 1.29 is 0 Å². The first-order chi connectivity index (χ1) is 15.9. The minimum absolute atomic E-state index is 0.461. The number of nitriles is 1. The molecule has 0 bridgehead atoms. The molecule has 1 saturated carbocycles. The lowest BCUT2D eigenvalue weighted by molar-refractivity contribution is 0.836. The van der Waals surface area contributed by atoms with Crippen molar-refractivity contribution in [2.24, 2.45) is 16.8 Å². The maximum Gasteiger partial charge on any atom is 0.0991 e. The molecule has 0 aromatic heterocycles. The Balaban J connectivity index is 1.50. The molecule has 0 spiro atoms. The maximum atomic E-state index is 9.38. The summed E-state index contributed by atoms with van der Waals surface area (Å²) >= 11 is 0. The second-order valence-corrected chi connectivity index (χ2v) is 10.3. The number of aliphatic imine (C=N–C) groups is 1. The summed E-state index contributed by atoms with van der Waals surface area (Å²) in [6.45, 7) is 9.82. The summed E-state index contributed by atoms with van der Waals surface area (Å²) in [6, 6.07) is 20.2. The number of hydrogen-bond acceptors (Lipinski definition) is 2. The van der Waals surface area contributed by atoms with E-state index in [4.69, 9.17) is 4.99 Å². The molecule has 0 radical (unpaired) electrons. The number of allylic oxidation sites excluding steroid dienone is 1. The van der Waals surface area contributed by atoms with E-state index in [0.29, 0.717) is 23.7 Å². The summed E-state index contributed by atoms with van der Waals surface area (Å²) in [5.74, 6) is 2.08. The van der Waals surface area contributed by atoms with Crippen LogP contribution in [0.15, 0.2) is 59.6 Å². The van der Waals surface area contributed by atoms with Gasteiger partial charge in [0.15, 0.2) is 0 Å². The molecule has 2 unspecified atom stereocenters. The Morgan fingerprint density at radius 2 is 1.79 bits per heavy atom. The van der Waals surface area contributed by atoms with E-state index >= 15 is 0 Å². The summed E-state index contributed by atoms with van der Waals surface area (Å²) < 4.78 is 0. The molecule has 0 N–H and O–H groups in total. The molecule has 2 heteroatoms. The van der Waals surface area contributed by atoms with E-state index in [9.17, 15) is 5.26 Å². The maximum absolute atomic E-state index is 9.38. The minimum Gasteiger partial charge on any atom is -0.289 e. The number of fused-ring (bicyclic) bond motifs is 2. The van der Waals surface area contributed by atoms with Gasteiger partial charge in [-0.05, 0) is 93.3 Å². The lowest BCUT2D eigenvalue weighted by atomic mass is 9.89. The summed E-state index contributed by atoms with van der Waals surface area (Å²) in [5, 5.41) is 11.8. The van der Waals surface area contributed by atoms with E-state index < -0.39 is 0 Å². The molecule has 5 rings (SSSR count). The van der Waals surface area contributed by atoms with E-state index in [1.807, 2.05) is 12.1 Å². The zero-order chi connectivity index (χ0) is 23.1. The molecule has 2 atom stereocenters. The first kappa shape index (κ1) is 21.7. The minimum atomic E-state index is 0.461. The number of benzene rings is 3. The van der Waals surface area contributed by atoms with Crippen LogP contribution in [-0.2, 0) is 6.42 Å². The van der Waals surface area contributed by atoms with Gasteiger partial charge in [0.05, 0.1) is 11.6 Å². The molecule has 166 valence electrons. The van der Waals surface area contributed by atoms with Crippen molar-refractivity contribution in [2.45, 2.75) is 52.4 Å². The van der Waals surface area contributed by atoms with Crippen LogP contribution in [0.1, 0.15) is 79.3 Å². The molecular formula is C31H32N2. The van der Waals surface area contributed by atoms with Crippen molar-refractivity contribution in [2.75, 3.05) is 6.54 Å². The van der Waals surface area contributed by atoms with Crippen LogP contribution in [0, 0.1) is 23.2 Å². The van der Waals surface area contributed by atoms with E-state index in [0.717, 1.165) is 18.5 Å². The van der Waals surface area contributed by atoms with Crippen LogP contribution in [0.2, 0.25) is 0 Å². The van der Waals surface area contributed by atoms with Gasteiger partial charge in [-0.2, -0.15) is 5.26 Å². The molecule has 1 aliphatic carbocycles. The molecule has 2 aliphatic rings. The molecular weight excluding hydrogens is 400 g/mol. The summed E-state index contributed by atoms with van der Waals surface area (Å²) in [6.07, 6.45) is 6.74. The zero-order valence-corrected chi connectivity index (χ0v) is 20.1. The van der Waals surface area contributed by atoms with Gasteiger partial charge in [0, 0.05) is 12.3 Å². The highest BCUT2D eigenvalue weighted by Gasteiger charge is 2.40. The van der Waals surface area contributed by atoms with Crippen molar-refractivity contribution in [3.05, 3.63) is 88.0 Å². The van der Waals surface area contributed by atoms with Gasteiger partial charge in [0.25, 0.3) is 0 Å². The van der Waals surface area contributed by atoms with E-state index in [1.165, 1.54) is 50.7 Å². The topological polar surface area (TPSA) is 36.1 Å². The van der Waals surface area contributed by atoms with Crippen molar-refractivity contribution in [3.8, 4) is 6.07 Å². The highest BCUT2D eigenvalue weighted by molar-refractivity contribution is 6.04. The normalized spacial score (nSPS) is 19.7. The van der Waals surface area contributed by atoms with Crippen LogP contribution < -0.4 is 0 Å². The average molecular weight is 433 g/mol. The van der Waals surface area contributed by atoms with Crippen molar-refractivity contribution in [1.29, 1.82) is 5.26 Å². The zero-order valence-electron chi connectivity index (χ0n) is 20.1. The number of rotatable bonds is 5. The predicted octanol–water partition coefficient (Wildman–Crippen LogP) is 7.65. The Labute approximate surface area is 197 Å². The van der Waals surface area contributed by atoms with Crippen LogP contribution >= 0.6 is 0 Å². The fraction of sp³-hybridized carbons (Fsp3) is 0.355. The highest BCUT2D eigenvalue weighted by atomic mass is 14.8. The Morgan fingerprint density at radius 1 is 0.970 bits per heavy atom. The van der Waals surface area contributed by atoms with E-state index in [2.05, 4.69) is 82.3 Å². The first-order valence-electron chi connectivity index (χ1n) is 12.3. The van der Waals surface area contributed by atoms with Gasteiger partial charge in [0.1, 0.15) is 0 Å². The third-order valence-electron chi connectivity index (χ3n) is 7.07. The summed E-state index contributed by atoms with van der Waals surface area (Å²) in [7, 11) is 0. The molecule has 1 aliphatic heterocycles. The Hall–Kier alpha value is -3.18. The fourth-order valence-electron chi connectivity index (χ4n) is 5.22. The Bertz CT molecular complexity index is 1320. The van der Waals surface area contributed by atoms with Gasteiger partial charge in [-0.15, -0.1) is 0 Å². The predicted molar refractivity (Wildman–Crippen MR) is 139 cm³/mol. The molecule has 33 heavy (non-hydrogen) atoms. The number of hydrogen-bond donors (Lipinski definition) is 0. The smallest absolute Gasteiger partial charge is 0.0991 e. The van der Waals surface area contributed by atoms with Crippen molar-refractivity contribution in [1.82, 2.24) is 0 Å². The highest BCUT2D eigenvalue weighted by Crippen LogP contribution is 2.55. The van der Waals surface area contributed by atoms with Crippen molar-refractivity contribution in [3.63, 3.8) is 0 Å². The number of nitrogens with zero attached hydrogens (tertiary/aromatic N) is 2. The SMILES string of the molecule is CC(C)/C=C/c1cc(C2CC2c2ccc3c(c2)C(C(C)C)=NCC3)cc2ccc(C#N)cc12. The van der Waals surface area contributed by atoms with Crippen LogP contribution in [0.25, 0.3) is 16.8 Å². The van der Waals surface area contributed by atoms with Gasteiger partial charge >= 0.3 is 0 Å². The molecule has 1 fully saturated rings. The van der Waals surface area contributed by atoms with Crippen LogP contribution in [0.5, 0.6) is 0 Å². The third-order valence-corrected chi connectivity index (χ3v) is 7.07. The van der Waals surface area contributed by atoms with Gasteiger partial charge in [-0.3, -0.25) is 4.99 Å². The average Bonchev–Trinajstić information content (AvgIpc) is 3.62. The summed E-state index contributed by atoms with van der Waals surface area (Å²) in [4.78, 5) is 4.85. The molecule has 3 aromatic carbocycles. The van der Waals surface area contributed by atoms with Crippen molar-refractivity contribution >= 4 is 22.6 Å². The second kappa shape index (κ2) is 8.64. The lowest BCUT2D eigenvalue weighted by Gasteiger charge is -2.20. The molecule has 0 saturated heterocycles. The fourth-order valence-corrected chi connectivity index (χ4v) is 5.22. The molecule has 1 heterocycles. The summed E-state index contributed by atoms with van der Waals surface area (Å²) in [5.41, 5.74) is 8.91. The van der Waals surface area contributed by atoms with Gasteiger partial charge in [-0.1, -0.05) is 70.2 Å². The first-order valence-corrected chi connectivity index (χ1v) is 12.3. The molecule has 3 aromatic rings. The lowest BCUT2D eigenvalue weighted by Crippen LogP contribution is -2.18. The van der Waals surface area contributed by atoms with Gasteiger partial charge in [0.2, 0.25) is 0 Å². The van der Waals surface area contributed by atoms with Gasteiger partial charge in [-0.25, -0.2) is 0 Å². The largest absolute Gasteiger partial charge is 0.289 e.